The minimum atomic E-state index is -3.46. The molecule has 0 fully saturated rings. The molecule has 6 nitrogen and oxygen atoms in total. The van der Waals surface area contributed by atoms with Gasteiger partial charge >= 0.3 is 5.97 Å². The summed E-state index contributed by atoms with van der Waals surface area (Å²) in [5.41, 5.74) is 1.57. The first kappa shape index (κ1) is 17.4. The Morgan fingerprint density at radius 2 is 1.95 bits per heavy atom. The number of hydrogen-bond donors (Lipinski definition) is 2. The van der Waals surface area contributed by atoms with Gasteiger partial charge in [-0.25, -0.2) is 9.52 Å². The van der Waals surface area contributed by atoms with Crippen LogP contribution in [-0.4, -0.2) is 37.4 Å². The fourth-order valence-electron chi connectivity index (χ4n) is 1.58. The second kappa shape index (κ2) is 7.92. The highest BCUT2D eigenvalue weighted by atomic mass is 32.2. The van der Waals surface area contributed by atoms with E-state index in [4.69, 9.17) is 5.11 Å². The van der Waals surface area contributed by atoms with E-state index in [1.54, 1.807) is 24.3 Å². The predicted molar refractivity (Wildman–Crippen MR) is 81.8 cm³/mol. The number of carboxylic acid groups (broad SMARTS) is 1. The highest BCUT2D eigenvalue weighted by Gasteiger charge is 2.16. The molecule has 0 aliphatic rings. The Morgan fingerprint density at radius 3 is 2.48 bits per heavy atom. The third-order valence-corrected chi connectivity index (χ3v) is 4.27. The first-order chi connectivity index (χ1) is 9.85. The molecule has 0 radical (unpaired) electrons. The summed E-state index contributed by atoms with van der Waals surface area (Å²) in [6, 6.07) is 7.03. The summed E-state index contributed by atoms with van der Waals surface area (Å²) in [5, 5.41) is 8.54. The van der Waals surface area contributed by atoms with E-state index in [1.165, 1.54) is 17.4 Å². The lowest BCUT2D eigenvalue weighted by atomic mass is 10.1. The lowest BCUT2D eigenvalue weighted by Crippen LogP contribution is -2.38. The Hall–Kier alpha value is -1.70. The van der Waals surface area contributed by atoms with Crippen LogP contribution in [-0.2, 0) is 21.5 Å². The lowest BCUT2D eigenvalue weighted by Gasteiger charge is -2.17. The number of hydrogen-bond acceptors (Lipinski definition) is 3. The van der Waals surface area contributed by atoms with Gasteiger partial charge in [0.2, 0.25) is 0 Å². The highest BCUT2D eigenvalue weighted by molar-refractivity contribution is 7.87. The molecule has 0 atom stereocenters. The summed E-state index contributed by atoms with van der Waals surface area (Å²) in [6.07, 6.45) is 3.27. The van der Waals surface area contributed by atoms with Crippen molar-refractivity contribution in [3.63, 3.8) is 0 Å². The smallest absolute Gasteiger partial charge is 0.328 e. The summed E-state index contributed by atoms with van der Waals surface area (Å²) in [4.78, 5) is 10.4. The maximum atomic E-state index is 11.9. The fraction of sp³-hybridized carbons (Fsp3) is 0.357. The van der Waals surface area contributed by atoms with Crippen molar-refractivity contribution in [2.24, 2.45) is 0 Å². The maximum absolute atomic E-state index is 11.9. The molecule has 0 bridgehead atoms. The lowest BCUT2D eigenvalue weighted by molar-refractivity contribution is -0.131. The number of nitrogens with one attached hydrogen (secondary N) is 1. The maximum Gasteiger partial charge on any atom is 0.328 e. The Morgan fingerprint density at radius 1 is 1.33 bits per heavy atom. The van der Waals surface area contributed by atoms with E-state index in [2.05, 4.69) is 4.72 Å². The zero-order chi connectivity index (χ0) is 15.9. The van der Waals surface area contributed by atoms with Gasteiger partial charge in [0.15, 0.2) is 0 Å². The molecule has 0 spiro atoms. The van der Waals surface area contributed by atoms with Crippen LogP contribution in [0, 0.1) is 0 Å². The van der Waals surface area contributed by atoms with Crippen molar-refractivity contribution in [1.82, 2.24) is 9.03 Å². The Balaban J connectivity index is 2.69. The molecule has 116 valence electrons. The summed E-state index contributed by atoms with van der Waals surface area (Å²) in [6.45, 7) is 2.56. The molecule has 0 amide bonds. The number of benzene rings is 1. The van der Waals surface area contributed by atoms with Gasteiger partial charge < -0.3 is 5.11 Å². The van der Waals surface area contributed by atoms with Crippen LogP contribution < -0.4 is 4.72 Å². The average Bonchev–Trinajstić information content (AvgIpc) is 2.44. The Labute approximate surface area is 125 Å². The second-order valence-electron chi connectivity index (χ2n) is 4.57. The van der Waals surface area contributed by atoms with Gasteiger partial charge in [0.05, 0.1) is 0 Å². The van der Waals surface area contributed by atoms with E-state index in [1.807, 2.05) is 6.92 Å². The van der Waals surface area contributed by atoms with Gasteiger partial charge in [-0.3, -0.25) is 0 Å². The van der Waals surface area contributed by atoms with Crippen LogP contribution in [0.4, 0.5) is 0 Å². The topological polar surface area (TPSA) is 86.7 Å². The summed E-state index contributed by atoms with van der Waals surface area (Å²) >= 11 is 0. The van der Waals surface area contributed by atoms with Crippen LogP contribution in [0.1, 0.15) is 24.5 Å². The molecular weight excluding hydrogens is 292 g/mol. The summed E-state index contributed by atoms with van der Waals surface area (Å²) < 4.78 is 27.5. The first-order valence-electron chi connectivity index (χ1n) is 6.56. The van der Waals surface area contributed by atoms with E-state index in [0.717, 1.165) is 23.6 Å². The van der Waals surface area contributed by atoms with Crippen molar-refractivity contribution >= 4 is 22.3 Å². The highest BCUT2D eigenvalue weighted by Crippen LogP contribution is 2.10. The van der Waals surface area contributed by atoms with Gasteiger partial charge in [-0.05, 0) is 23.6 Å². The van der Waals surface area contributed by atoms with Gasteiger partial charge in [0.25, 0.3) is 10.2 Å². The molecule has 7 heteroatoms. The molecule has 2 N–H and O–H groups in total. The summed E-state index contributed by atoms with van der Waals surface area (Å²) in [5.74, 6) is -1.01. The van der Waals surface area contributed by atoms with Crippen molar-refractivity contribution < 1.29 is 18.3 Å². The van der Waals surface area contributed by atoms with Crippen LogP contribution in [0.3, 0.4) is 0 Å². The molecule has 1 rings (SSSR count). The third-order valence-electron chi connectivity index (χ3n) is 2.75. The van der Waals surface area contributed by atoms with Crippen molar-refractivity contribution in [2.45, 2.75) is 19.9 Å². The van der Waals surface area contributed by atoms with E-state index >= 15 is 0 Å². The Bertz CT molecular complexity index is 594. The van der Waals surface area contributed by atoms with Crippen molar-refractivity contribution in [3.8, 4) is 0 Å². The number of carbonyl (C=O) groups is 1. The van der Waals surface area contributed by atoms with Crippen LogP contribution in [0.15, 0.2) is 30.3 Å². The van der Waals surface area contributed by atoms with Gasteiger partial charge in [-0.2, -0.15) is 12.7 Å². The molecule has 0 aromatic heterocycles. The van der Waals surface area contributed by atoms with E-state index < -0.39 is 16.2 Å². The van der Waals surface area contributed by atoms with Gasteiger partial charge in [0, 0.05) is 26.2 Å². The molecule has 21 heavy (non-hydrogen) atoms. The minimum Gasteiger partial charge on any atom is -0.478 e. The normalized spacial score (nSPS) is 12.1. The molecule has 1 aromatic rings. The SMILES string of the molecule is CCCNS(=O)(=O)N(C)Cc1ccc(/C=C/C(=O)O)cc1. The zero-order valence-electron chi connectivity index (χ0n) is 12.1. The monoisotopic (exact) mass is 312 g/mol. The van der Waals surface area contributed by atoms with E-state index in [-0.39, 0.29) is 6.54 Å². The minimum absolute atomic E-state index is 0.252. The molecule has 0 aliphatic carbocycles. The largest absolute Gasteiger partial charge is 0.478 e. The molecule has 1 aromatic carbocycles. The van der Waals surface area contributed by atoms with Crippen LogP contribution >= 0.6 is 0 Å². The van der Waals surface area contributed by atoms with Gasteiger partial charge in [-0.1, -0.05) is 31.2 Å². The third kappa shape index (κ3) is 6.07. The quantitative estimate of drug-likeness (QED) is 0.712. The molecule has 0 saturated carbocycles. The number of nitrogens with zero attached hydrogens (tertiary/aromatic N) is 1. The van der Waals surface area contributed by atoms with Gasteiger partial charge in [0.1, 0.15) is 0 Å². The van der Waals surface area contributed by atoms with Gasteiger partial charge in [-0.15, -0.1) is 0 Å². The van der Waals surface area contributed by atoms with Crippen molar-refractivity contribution in [3.05, 3.63) is 41.5 Å². The predicted octanol–water partition coefficient (Wildman–Crippen LogP) is 1.46. The summed E-state index contributed by atoms with van der Waals surface area (Å²) in [7, 11) is -1.95. The van der Waals surface area contributed by atoms with Crippen LogP contribution in [0.25, 0.3) is 6.08 Å². The molecule has 0 heterocycles. The first-order valence-corrected chi connectivity index (χ1v) is 8.00. The zero-order valence-corrected chi connectivity index (χ0v) is 12.9. The van der Waals surface area contributed by atoms with Crippen molar-refractivity contribution in [2.75, 3.05) is 13.6 Å². The average molecular weight is 312 g/mol. The standard InChI is InChI=1S/C14H20N2O4S/c1-3-10-15-21(19,20)16(2)11-13-6-4-12(5-7-13)8-9-14(17)18/h4-9,15H,3,10-11H2,1-2H3,(H,17,18)/b9-8+. The number of carboxylic acids is 1. The Kier molecular flexibility index (Phi) is 6.54. The van der Waals surface area contributed by atoms with Crippen LogP contribution in [0.2, 0.25) is 0 Å². The van der Waals surface area contributed by atoms with Crippen LogP contribution in [0.5, 0.6) is 0 Å². The number of aliphatic carboxylic acids is 1. The van der Waals surface area contributed by atoms with Crippen molar-refractivity contribution in [1.29, 1.82) is 0 Å². The molecule has 0 saturated heterocycles. The van der Waals surface area contributed by atoms with E-state index in [9.17, 15) is 13.2 Å². The molecule has 0 aliphatic heterocycles. The fourth-order valence-corrected chi connectivity index (χ4v) is 2.59. The molecule has 0 unspecified atom stereocenters. The number of rotatable bonds is 8. The second-order valence-corrected chi connectivity index (χ2v) is 6.43. The van der Waals surface area contributed by atoms with E-state index in [0.29, 0.717) is 6.54 Å². The molecular formula is C14H20N2O4S.